The largest absolute Gasteiger partial charge is 0.497 e. The van der Waals surface area contributed by atoms with E-state index in [0.29, 0.717) is 21.5 Å². The number of thiazole rings is 1. The molecular formula is C18H15ClN2O2S. The van der Waals surface area contributed by atoms with Gasteiger partial charge in [0.2, 0.25) is 0 Å². The maximum absolute atomic E-state index is 12.3. The first kappa shape index (κ1) is 16.5. The fourth-order valence-corrected chi connectivity index (χ4v) is 3.29. The van der Waals surface area contributed by atoms with Crippen LogP contribution in [0, 0.1) is 6.92 Å². The number of methoxy groups -OCH3 is 1. The van der Waals surface area contributed by atoms with E-state index in [4.69, 9.17) is 16.3 Å². The van der Waals surface area contributed by atoms with Crippen LogP contribution in [-0.2, 0) is 0 Å². The van der Waals surface area contributed by atoms with E-state index in [1.54, 1.807) is 31.4 Å². The number of aromatic nitrogens is 1. The molecule has 1 aromatic heterocycles. The van der Waals surface area contributed by atoms with Gasteiger partial charge in [0.1, 0.15) is 5.75 Å². The molecule has 3 rings (SSSR count). The van der Waals surface area contributed by atoms with Crippen molar-refractivity contribution in [1.29, 1.82) is 0 Å². The number of ether oxygens (including phenoxy) is 1. The highest BCUT2D eigenvalue weighted by atomic mass is 35.5. The number of carbonyl (C=O) groups excluding carboxylic acids is 1. The van der Waals surface area contributed by atoms with Crippen LogP contribution in [0.15, 0.2) is 48.5 Å². The van der Waals surface area contributed by atoms with Gasteiger partial charge in [0.25, 0.3) is 5.91 Å². The molecule has 122 valence electrons. The van der Waals surface area contributed by atoms with E-state index in [-0.39, 0.29) is 5.91 Å². The van der Waals surface area contributed by atoms with E-state index >= 15 is 0 Å². The number of benzene rings is 2. The highest BCUT2D eigenvalue weighted by molar-refractivity contribution is 7.16. The number of aryl methyl sites for hydroxylation is 1. The normalized spacial score (nSPS) is 10.5. The maximum atomic E-state index is 12.3. The summed E-state index contributed by atoms with van der Waals surface area (Å²) >= 11 is 7.47. The van der Waals surface area contributed by atoms with Crippen molar-refractivity contribution < 1.29 is 9.53 Å². The van der Waals surface area contributed by atoms with Crippen molar-refractivity contribution in [3.8, 4) is 17.0 Å². The van der Waals surface area contributed by atoms with Gasteiger partial charge < -0.3 is 4.74 Å². The van der Waals surface area contributed by atoms with Crippen LogP contribution in [0.1, 0.15) is 15.2 Å². The van der Waals surface area contributed by atoms with Crippen molar-refractivity contribution in [1.82, 2.24) is 4.98 Å². The molecule has 0 radical (unpaired) electrons. The van der Waals surface area contributed by atoms with E-state index in [0.717, 1.165) is 16.1 Å². The molecule has 0 atom stereocenters. The molecule has 0 fully saturated rings. The van der Waals surface area contributed by atoms with Crippen LogP contribution < -0.4 is 10.1 Å². The molecule has 0 saturated carbocycles. The van der Waals surface area contributed by atoms with Crippen molar-refractivity contribution in [2.24, 2.45) is 0 Å². The lowest BCUT2D eigenvalue weighted by Gasteiger charge is -2.03. The molecule has 6 heteroatoms. The topological polar surface area (TPSA) is 51.2 Å². The number of hydrogen-bond donors (Lipinski definition) is 1. The van der Waals surface area contributed by atoms with Gasteiger partial charge in [-0.15, -0.1) is 11.3 Å². The molecule has 0 unspecified atom stereocenters. The first-order valence-electron chi connectivity index (χ1n) is 7.25. The van der Waals surface area contributed by atoms with Gasteiger partial charge in [-0.25, -0.2) is 4.98 Å². The summed E-state index contributed by atoms with van der Waals surface area (Å²) in [5.41, 5.74) is 2.31. The van der Waals surface area contributed by atoms with E-state index < -0.39 is 0 Å². The van der Waals surface area contributed by atoms with Crippen molar-refractivity contribution in [3.05, 3.63) is 64.0 Å². The molecule has 3 aromatic rings. The van der Waals surface area contributed by atoms with Gasteiger partial charge in [0, 0.05) is 21.0 Å². The Bertz CT molecular complexity index is 875. The van der Waals surface area contributed by atoms with Gasteiger partial charge in [0.15, 0.2) is 5.13 Å². The van der Waals surface area contributed by atoms with Crippen LogP contribution in [0.5, 0.6) is 5.75 Å². The van der Waals surface area contributed by atoms with Crippen LogP contribution in [0.3, 0.4) is 0 Å². The van der Waals surface area contributed by atoms with E-state index in [1.165, 1.54) is 11.3 Å². The molecule has 0 saturated heterocycles. The van der Waals surface area contributed by atoms with Crippen LogP contribution in [0.25, 0.3) is 11.3 Å². The second-order valence-corrected chi connectivity index (χ2v) is 6.76. The number of hydrogen-bond acceptors (Lipinski definition) is 4. The fraction of sp³-hybridized carbons (Fsp3) is 0.111. The lowest BCUT2D eigenvalue weighted by Crippen LogP contribution is -2.11. The Morgan fingerprint density at radius 1 is 1.21 bits per heavy atom. The summed E-state index contributed by atoms with van der Waals surface area (Å²) in [6, 6.07) is 14.4. The summed E-state index contributed by atoms with van der Waals surface area (Å²) in [5, 5.41) is 4.05. The quantitative estimate of drug-likeness (QED) is 0.711. The third-order valence-electron chi connectivity index (χ3n) is 3.47. The lowest BCUT2D eigenvalue weighted by atomic mass is 10.1. The summed E-state index contributed by atoms with van der Waals surface area (Å²) in [7, 11) is 1.59. The van der Waals surface area contributed by atoms with E-state index in [2.05, 4.69) is 10.3 Å². The summed E-state index contributed by atoms with van der Waals surface area (Å²) in [5.74, 6) is 0.504. The Balaban J connectivity index is 1.80. The molecule has 1 N–H and O–H groups in total. The lowest BCUT2D eigenvalue weighted by molar-refractivity contribution is 0.102. The van der Waals surface area contributed by atoms with Crippen molar-refractivity contribution in [2.75, 3.05) is 12.4 Å². The third-order valence-corrected chi connectivity index (χ3v) is 4.59. The minimum absolute atomic E-state index is 0.205. The molecule has 0 aliphatic heterocycles. The van der Waals surface area contributed by atoms with Crippen molar-refractivity contribution in [3.63, 3.8) is 0 Å². The SMILES string of the molecule is COc1ccc(C(=O)Nc2nc(-c3cccc(Cl)c3)c(C)s2)cc1. The molecule has 0 aliphatic rings. The number of amides is 1. The maximum Gasteiger partial charge on any atom is 0.257 e. The Morgan fingerprint density at radius 3 is 2.62 bits per heavy atom. The summed E-state index contributed by atoms with van der Waals surface area (Å²) in [6.45, 7) is 1.97. The minimum atomic E-state index is -0.205. The number of rotatable bonds is 4. The predicted octanol–water partition coefficient (Wildman–Crippen LogP) is 5.03. The molecule has 1 heterocycles. The number of anilines is 1. The summed E-state index contributed by atoms with van der Waals surface area (Å²) < 4.78 is 5.09. The van der Waals surface area contributed by atoms with Crippen LogP contribution in [0.2, 0.25) is 5.02 Å². The number of nitrogens with one attached hydrogen (secondary N) is 1. The molecule has 2 aromatic carbocycles. The van der Waals surface area contributed by atoms with Crippen LogP contribution >= 0.6 is 22.9 Å². The van der Waals surface area contributed by atoms with Gasteiger partial charge in [0.05, 0.1) is 12.8 Å². The molecule has 0 aliphatic carbocycles. The molecule has 0 bridgehead atoms. The Hall–Kier alpha value is -2.37. The third kappa shape index (κ3) is 3.58. The highest BCUT2D eigenvalue weighted by Gasteiger charge is 2.13. The zero-order valence-electron chi connectivity index (χ0n) is 13.2. The van der Waals surface area contributed by atoms with Crippen molar-refractivity contribution >= 4 is 34.0 Å². The molecular weight excluding hydrogens is 344 g/mol. The van der Waals surface area contributed by atoms with Crippen LogP contribution in [-0.4, -0.2) is 18.0 Å². The molecule has 24 heavy (non-hydrogen) atoms. The van der Waals surface area contributed by atoms with Gasteiger partial charge in [-0.05, 0) is 43.3 Å². The summed E-state index contributed by atoms with van der Waals surface area (Å²) in [4.78, 5) is 17.9. The highest BCUT2D eigenvalue weighted by Crippen LogP contribution is 2.31. The Kier molecular flexibility index (Phi) is 4.83. The van der Waals surface area contributed by atoms with Crippen molar-refractivity contribution in [2.45, 2.75) is 6.92 Å². The fourth-order valence-electron chi connectivity index (χ4n) is 2.27. The van der Waals surface area contributed by atoms with Gasteiger partial charge in [-0.2, -0.15) is 0 Å². The Morgan fingerprint density at radius 2 is 1.96 bits per heavy atom. The predicted molar refractivity (Wildman–Crippen MR) is 98.2 cm³/mol. The van der Waals surface area contributed by atoms with Gasteiger partial charge in [-0.1, -0.05) is 23.7 Å². The molecule has 4 nitrogen and oxygen atoms in total. The summed E-state index contributed by atoms with van der Waals surface area (Å²) in [6.07, 6.45) is 0. The zero-order valence-corrected chi connectivity index (χ0v) is 14.7. The van der Waals surface area contributed by atoms with E-state index in [9.17, 15) is 4.79 Å². The monoisotopic (exact) mass is 358 g/mol. The second-order valence-electron chi connectivity index (χ2n) is 5.12. The zero-order chi connectivity index (χ0) is 17.1. The first-order chi connectivity index (χ1) is 11.6. The number of carbonyl (C=O) groups is 1. The first-order valence-corrected chi connectivity index (χ1v) is 8.45. The Labute approximate surface area is 149 Å². The minimum Gasteiger partial charge on any atom is -0.497 e. The van der Waals surface area contributed by atoms with E-state index in [1.807, 2.05) is 31.2 Å². The van der Waals surface area contributed by atoms with Crippen LogP contribution in [0.4, 0.5) is 5.13 Å². The average Bonchev–Trinajstić information content (AvgIpc) is 2.95. The second kappa shape index (κ2) is 7.03. The van der Waals surface area contributed by atoms with Gasteiger partial charge >= 0.3 is 0 Å². The number of halogens is 1. The standard InChI is InChI=1S/C18H15ClN2O2S/c1-11-16(13-4-3-5-14(19)10-13)20-18(24-11)21-17(22)12-6-8-15(23-2)9-7-12/h3-10H,1-2H3,(H,20,21,22). The number of nitrogens with zero attached hydrogens (tertiary/aromatic N) is 1. The van der Waals surface area contributed by atoms with Gasteiger partial charge in [-0.3, -0.25) is 10.1 Å². The smallest absolute Gasteiger partial charge is 0.257 e. The average molecular weight is 359 g/mol. The molecule has 0 spiro atoms. The molecule has 1 amide bonds.